The van der Waals surface area contributed by atoms with Gasteiger partial charge in [0.05, 0.1) is 11.6 Å². The minimum atomic E-state index is -1.35. The molecule has 2 atom stereocenters. The molecule has 1 fully saturated rings. The van der Waals surface area contributed by atoms with Gasteiger partial charge in [0.15, 0.2) is 0 Å². The normalized spacial score (nSPS) is 18.4. The third-order valence-corrected chi connectivity index (χ3v) is 6.21. The number of hydrogen-bond donors (Lipinski definition) is 1. The van der Waals surface area contributed by atoms with E-state index in [1.54, 1.807) is 48.5 Å². The number of anilines is 2. The predicted octanol–water partition coefficient (Wildman–Crippen LogP) is 5.43. The van der Waals surface area contributed by atoms with Gasteiger partial charge in [-0.3, -0.25) is 9.69 Å². The zero-order valence-electron chi connectivity index (χ0n) is 18.4. The third-order valence-electron chi connectivity index (χ3n) is 6.21. The van der Waals surface area contributed by atoms with Crippen molar-refractivity contribution in [3.63, 3.8) is 0 Å². The Morgan fingerprint density at radius 2 is 1.00 bits per heavy atom. The largest absolute Gasteiger partial charge is 0.372 e. The van der Waals surface area contributed by atoms with Crippen LogP contribution in [-0.4, -0.2) is 23.3 Å². The van der Waals surface area contributed by atoms with Crippen LogP contribution in [0.2, 0.25) is 0 Å². The van der Waals surface area contributed by atoms with Gasteiger partial charge in [0.2, 0.25) is 5.91 Å². The van der Waals surface area contributed by atoms with E-state index in [4.69, 9.17) is 0 Å². The van der Waals surface area contributed by atoms with E-state index < -0.39 is 30.0 Å². The molecule has 0 bridgehead atoms. The molecule has 5 heteroatoms. The van der Waals surface area contributed by atoms with Crippen LogP contribution in [0.3, 0.4) is 0 Å². The summed E-state index contributed by atoms with van der Waals surface area (Å²) in [5.41, 5.74) is 2.77. The summed E-state index contributed by atoms with van der Waals surface area (Å²) in [4.78, 5) is 30.2. The van der Waals surface area contributed by atoms with E-state index in [1.165, 1.54) is 9.80 Å². The second-order valence-corrected chi connectivity index (χ2v) is 8.24. The topological polar surface area (TPSA) is 60.9 Å². The molecule has 3 amide bonds. The molecular weight excluding hydrogens is 424 g/mol. The Hall–Kier alpha value is -4.22. The standard InChI is InChI=1S/C29H24N2O3/c32-27-26(25(21-13-5-1-6-14-21)22-15-7-2-8-16-22)28(33)31(24-19-11-4-12-20-24)29(34)30(27)23-17-9-3-10-18-23/h1-20,25-27,32H. The van der Waals surface area contributed by atoms with Crippen molar-refractivity contribution in [2.75, 3.05) is 9.80 Å². The third kappa shape index (κ3) is 3.87. The average Bonchev–Trinajstić information content (AvgIpc) is 2.89. The number of hydrogen-bond acceptors (Lipinski definition) is 3. The minimum Gasteiger partial charge on any atom is -0.372 e. The SMILES string of the molecule is O=C1C(C(c2ccccc2)c2ccccc2)C(O)N(c2ccccc2)C(=O)N1c1ccccc1. The van der Waals surface area contributed by atoms with Gasteiger partial charge in [-0.25, -0.2) is 9.69 Å². The van der Waals surface area contributed by atoms with Gasteiger partial charge >= 0.3 is 6.03 Å². The maximum absolute atomic E-state index is 14.0. The molecule has 1 aliphatic rings. The van der Waals surface area contributed by atoms with Crippen LogP contribution < -0.4 is 9.80 Å². The number of rotatable bonds is 5. The number of aliphatic hydroxyl groups excluding tert-OH is 1. The maximum atomic E-state index is 14.0. The number of carbonyl (C=O) groups is 2. The van der Waals surface area contributed by atoms with Crippen LogP contribution in [0.5, 0.6) is 0 Å². The van der Waals surface area contributed by atoms with Crippen LogP contribution in [0.1, 0.15) is 17.0 Å². The molecule has 1 aliphatic heterocycles. The molecule has 1 saturated heterocycles. The van der Waals surface area contributed by atoms with Crippen molar-refractivity contribution in [2.24, 2.45) is 5.92 Å². The summed E-state index contributed by atoms with van der Waals surface area (Å²) in [5, 5.41) is 11.6. The van der Waals surface area contributed by atoms with Crippen LogP contribution in [0, 0.1) is 5.92 Å². The first-order valence-electron chi connectivity index (χ1n) is 11.2. The first kappa shape index (κ1) is 21.6. The van der Waals surface area contributed by atoms with E-state index in [9.17, 15) is 14.7 Å². The maximum Gasteiger partial charge on any atom is 0.337 e. The zero-order valence-corrected chi connectivity index (χ0v) is 18.4. The molecule has 0 aliphatic carbocycles. The Labute approximate surface area is 198 Å². The van der Waals surface area contributed by atoms with E-state index in [1.807, 2.05) is 72.8 Å². The van der Waals surface area contributed by atoms with E-state index in [0.29, 0.717) is 11.4 Å². The van der Waals surface area contributed by atoms with Gasteiger partial charge in [0, 0.05) is 11.6 Å². The lowest BCUT2D eigenvalue weighted by Gasteiger charge is -2.44. The van der Waals surface area contributed by atoms with Crippen LogP contribution in [-0.2, 0) is 4.79 Å². The average molecular weight is 449 g/mol. The number of benzene rings is 4. The fraction of sp³-hybridized carbons (Fsp3) is 0.103. The molecule has 0 spiro atoms. The van der Waals surface area contributed by atoms with Crippen molar-refractivity contribution in [2.45, 2.75) is 12.1 Å². The molecule has 5 rings (SSSR count). The fourth-order valence-corrected chi connectivity index (χ4v) is 4.66. The highest BCUT2D eigenvalue weighted by Crippen LogP contribution is 2.41. The van der Waals surface area contributed by atoms with Gasteiger partial charge in [-0.15, -0.1) is 0 Å². The van der Waals surface area contributed by atoms with Gasteiger partial charge in [-0.05, 0) is 35.4 Å². The summed E-state index contributed by atoms with van der Waals surface area (Å²) in [6, 6.07) is 36.6. The minimum absolute atomic E-state index is 0.436. The highest BCUT2D eigenvalue weighted by Gasteiger charge is 2.50. The highest BCUT2D eigenvalue weighted by molar-refractivity contribution is 6.22. The number of imide groups is 1. The summed E-state index contributed by atoms with van der Waals surface area (Å²) in [5.74, 6) is -1.83. The number of carbonyl (C=O) groups excluding carboxylic acids is 2. The number of urea groups is 1. The summed E-state index contributed by atoms with van der Waals surface area (Å²) < 4.78 is 0. The smallest absolute Gasteiger partial charge is 0.337 e. The van der Waals surface area contributed by atoms with Crippen molar-refractivity contribution < 1.29 is 14.7 Å². The Morgan fingerprint density at radius 3 is 1.47 bits per heavy atom. The summed E-state index contributed by atoms with van der Waals surface area (Å²) in [7, 11) is 0. The van der Waals surface area contributed by atoms with Gasteiger partial charge < -0.3 is 5.11 Å². The van der Waals surface area contributed by atoms with Crippen LogP contribution in [0.4, 0.5) is 16.2 Å². The molecule has 0 radical (unpaired) electrons. The van der Waals surface area contributed by atoms with Crippen molar-refractivity contribution in [3.8, 4) is 0 Å². The predicted molar refractivity (Wildman–Crippen MR) is 132 cm³/mol. The number of para-hydroxylation sites is 2. The number of amides is 3. The summed E-state index contributed by atoms with van der Waals surface area (Å²) in [6.45, 7) is 0. The second kappa shape index (κ2) is 9.33. The Morgan fingerprint density at radius 1 is 0.588 bits per heavy atom. The van der Waals surface area contributed by atoms with Gasteiger partial charge in [-0.2, -0.15) is 0 Å². The lowest BCUT2D eigenvalue weighted by molar-refractivity contribution is -0.126. The van der Waals surface area contributed by atoms with E-state index in [-0.39, 0.29) is 0 Å². The monoisotopic (exact) mass is 448 g/mol. The zero-order chi connectivity index (χ0) is 23.5. The molecule has 0 saturated carbocycles. The van der Waals surface area contributed by atoms with Gasteiger partial charge in [-0.1, -0.05) is 97.1 Å². The van der Waals surface area contributed by atoms with Crippen molar-refractivity contribution in [3.05, 3.63) is 132 Å². The van der Waals surface area contributed by atoms with Crippen molar-refractivity contribution in [1.82, 2.24) is 0 Å². The molecule has 2 unspecified atom stereocenters. The number of aliphatic hydroxyl groups is 1. The first-order valence-corrected chi connectivity index (χ1v) is 11.2. The summed E-state index contributed by atoms with van der Waals surface area (Å²) in [6.07, 6.45) is -1.35. The van der Waals surface area contributed by atoms with Gasteiger partial charge in [0.1, 0.15) is 6.23 Å². The Kier molecular flexibility index (Phi) is 5.93. The van der Waals surface area contributed by atoms with E-state index in [0.717, 1.165) is 11.1 Å². The van der Waals surface area contributed by atoms with E-state index >= 15 is 0 Å². The van der Waals surface area contributed by atoms with Crippen molar-refractivity contribution >= 4 is 23.3 Å². The Balaban J connectivity index is 1.70. The van der Waals surface area contributed by atoms with E-state index in [2.05, 4.69) is 0 Å². The molecular formula is C29H24N2O3. The van der Waals surface area contributed by atoms with Crippen molar-refractivity contribution in [1.29, 1.82) is 0 Å². The lowest BCUT2D eigenvalue weighted by atomic mass is 9.77. The number of nitrogens with zero attached hydrogens (tertiary/aromatic N) is 2. The Bertz CT molecular complexity index is 1220. The molecule has 4 aromatic carbocycles. The fourth-order valence-electron chi connectivity index (χ4n) is 4.66. The lowest BCUT2D eigenvalue weighted by Crippen LogP contribution is -2.63. The molecule has 0 aromatic heterocycles. The quantitative estimate of drug-likeness (QED) is 0.443. The molecule has 1 heterocycles. The molecule has 4 aromatic rings. The van der Waals surface area contributed by atoms with Crippen LogP contribution >= 0.6 is 0 Å². The molecule has 34 heavy (non-hydrogen) atoms. The van der Waals surface area contributed by atoms with Gasteiger partial charge in [0.25, 0.3) is 0 Å². The first-order chi connectivity index (χ1) is 16.7. The molecule has 168 valence electrons. The second-order valence-electron chi connectivity index (χ2n) is 8.24. The van der Waals surface area contributed by atoms with Crippen LogP contribution in [0.25, 0.3) is 0 Å². The molecule has 1 N–H and O–H groups in total. The molecule has 5 nitrogen and oxygen atoms in total. The highest BCUT2D eigenvalue weighted by atomic mass is 16.3. The summed E-state index contributed by atoms with van der Waals surface area (Å²) >= 11 is 0. The van der Waals surface area contributed by atoms with Crippen LogP contribution in [0.15, 0.2) is 121 Å².